The molecule has 0 spiro atoms. The predicted octanol–water partition coefficient (Wildman–Crippen LogP) is 0.920. The molecule has 1 aromatic rings. The average molecular weight is 308 g/mol. The normalized spacial score (nSPS) is 25.6. The molecule has 2 rings (SSSR count). The summed E-state index contributed by atoms with van der Waals surface area (Å²) in [5.74, 6) is 0.396. The molecule has 108 valence electrons. The van der Waals surface area contributed by atoms with Crippen molar-refractivity contribution in [2.75, 3.05) is 19.0 Å². The second kappa shape index (κ2) is 5.78. The fourth-order valence-corrected chi connectivity index (χ4v) is 3.88. The van der Waals surface area contributed by atoms with Gasteiger partial charge in [0.1, 0.15) is 4.90 Å². The Morgan fingerprint density at radius 2 is 2.05 bits per heavy atom. The third kappa shape index (κ3) is 3.28. The topological polar surface area (TPSA) is 64.4 Å². The van der Waals surface area contributed by atoms with Gasteiger partial charge in [-0.2, -0.15) is 9.40 Å². The van der Waals surface area contributed by atoms with Crippen molar-refractivity contribution in [1.29, 1.82) is 0 Å². The van der Waals surface area contributed by atoms with Gasteiger partial charge in [0.25, 0.3) is 0 Å². The summed E-state index contributed by atoms with van der Waals surface area (Å²) in [6.45, 7) is 4.97. The van der Waals surface area contributed by atoms with Crippen LogP contribution in [0.4, 0.5) is 0 Å². The summed E-state index contributed by atoms with van der Waals surface area (Å²) >= 11 is 5.61. The SMILES string of the molecule is C[C@@H]1CN(S(=O)(=O)c2cnn(CCCl)c2)C[C@H](C)O1. The highest BCUT2D eigenvalue weighted by Gasteiger charge is 2.32. The van der Waals surface area contributed by atoms with Crippen LogP contribution in [0.15, 0.2) is 17.3 Å². The second-order valence-electron chi connectivity index (χ2n) is 4.71. The molecule has 0 aromatic carbocycles. The van der Waals surface area contributed by atoms with Crippen LogP contribution < -0.4 is 0 Å². The number of hydrogen-bond donors (Lipinski definition) is 0. The first-order valence-corrected chi connectivity index (χ1v) is 8.15. The maximum atomic E-state index is 12.5. The Balaban J connectivity index is 2.20. The lowest BCUT2D eigenvalue weighted by molar-refractivity contribution is -0.0440. The number of alkyl halides is 1. The van der Waals surface area contributed by atoms with Gasteiger partial charge in [-0.15, -0.1) is 11.6 Å². The molecule has 1 aliphatic heterocycles. The fourth-order valence-electron chi connectivity index (χ4n) is 2.16. The highest BCUT2D eigenvalue weighted by molar-refractivity contribution is 7.89. The molecule has 0 bridgehead atoms. The van der Waals surface area contributed by atoms with Gasteiger partial charge in [-0.05, 0) is 13.8 Å². The van der Waals surface area contributed by atoms with Gasteiger partial charge in [-0.3, -0.25) is 4.68 Å². The molecule has 0 radical (unpaired) electrons. The molecule has 1 fully saturated rings. The van der Waals surface area contributed by atoms with Crippen molar-refractivity contribution < 1.29 is 13.2 Å². The summed E-state index contributed by atoms with van der Waals surface area (Å²) < 4.78 is 33.5. The number of halogens is 1. The molecule has 1 saturated heterocycles. The predicted molar refractivity (Wildman–Crippen MR) is 71.7 cm³/mol. The fraction of sp³-hybridized carbons (Fsp3) is 0.727. The minimum Gasteiger partial charge on any atom is -0.373 e. The molecule has 0 saturated carbocycles. The van der Waals surface area contributed by atoms with Gasteiger partial charge in [0.15, 0.2) is 0 Å². The van der Waals surface area contributed by atoms with Crippen molar-refractivity contribution in [3.05, 3.63) is 12.4 Å². The quantitative estimate of drug-likeness (QED) is 0.776. The van der Waals surface area contributed by atoms with E-state index in [2.05, 4.69) is 5.10 Å². The lowest BCUT2D eigenvalue weighted by Gasteiger charge is -2.34. The molecule has 2 atom stereocenters. The largest absolute Gasteiger partial charge is 0.373 e. The number of nitrogens with zero attached hydrogens (tertiary/aromatic N) is 3. The first-order chi connectivity index (χ1) is 8.93. The van der Waals surface area contributed by atoms with Crippen LogP contribution in [-0.2, 0) is 21.3 Å². The highest BCUT2D eigenvalue weighted by atomic mass is 35.5. The zero-order valence-electron chi connectivity index (χ0n) is 11.0. The van der Waals surface area contributed by atoms with Crippen LogP contribution in [0.3, 0.4) is 0 Å². The van der Waals surface area contributed by atoms with Crippen molar-refractivity contribution in [3.8, 4) is 0 Å². The van der Waals surface area contributed by atoms with Crippen LogP contribution in [0.5, 0.6) is 0 Å². The van der Waals surface area contributed by atoms with E-state index >= 15 is 0 Å². The Bertz CT molecular complexity index is 521. The van der Waals surface area contributed by atoms with E-state index in [0.29, 0.717) is 25.5 Å². The summed E-state index contributed by atoms with van der Waals surface area (Å²) in [6, 6.07) is 0. The lowest BCUT2D eigenvalue weighted by Crippen LogP contribution is -2.48. The number of hydrogen-bond acceptors (Lipinski definition) is 4. The zero-order chi connectivity index (χ0) is 14.0. The number of aryl methyl sites for hydroxylation is 1. The molecule has 0 N–H and O–H groups in total. The minimum absolute atomic E-state index is 0.101. The Morgan fingerprint density at radius 3 is 2.63 bits per heavy atom. The highest BCUT2D eigenvalue weighted by Crippen LogP contribution is 2.20. The Labute approximate surface area is 118 Å². The van der Waals surface area contributed by atoms with E-state index in [9.17, 15) is 8.42 Å². The summed E-state index contributed by atoms with van der Waals surface area (Å²) in [5, 5.41) is 4.00. The lowest BCUT2D eigenvalue weighted by atomic mass is 10.3. The zero-order valence-corrected chi connectivity index (χ0v) is 12.6. The van der Waals surface area contributed by atoms with Gasteiger partial charge < -0.3 is 4.74 Å². The van der Waals surface area contributed by atoms with Crippen molar-refractivity contribution in [2.24, 2.45) is 0 Å². The number of morpholine rings is 1. The Morgan fingerprint density at radius 1 is 1.42 bits per heavy atom. The summed E-state index contributed by atoms with van der Waals surface area (Å²) in [7, 11) is -3.50. The van der Waals surface area contributed by atoms with Crippen molar-refractivity contribution >= 4 is 21.6 Å². The molecule has 8 heteroatoms. The average Bonchev–Trinajstić information content (AvgIpc) is 2.77. The molecule has 0 aliphatic carbocycles. The van der Waals surface area contributed by atoms with E-state index in [1.54, 1.807) is 0 Å². The molecular formula is C11H18ClN3O3S. The molecular weight excluding hydrogens is 290 g/mol. The summed E-state index contributed by atoms with van der Waals surface area (Å²) in [6.07, 6.45) is 2.68. The van der Waals surface area contributed by atoms with Crippen LogP contribution >= 0.6 is 11.6 Å². The number of aromatic nitrogens is 2. The van der Waals surface area contributed by atoms with E-state index in [4.69, 9.17) is 16.3 Å². The molecule has 1 aliphatic rings. The number of sulfonamides is 1. The first kappa shape index (κ1) is 14.8. The van der Waals surface area contributed by atoms with Crippen LogP contribution in [0.25, 0.3) is 0 Å². The first-order valence-electron chi connectivity index (χ1n) is 6.17. The standard InChI is InChI=1S/C11H18ClN3O3S/c1-9-6-15(7-10(2)18-9)19(16,17)11-5-13-14(8-11)4-3-12/h5,8-10H,3-4,6-7H2,1-2H3/t9-,10+. The molecule has 1 aromatic heterocycles. The monoisotopic (exact) mass is 307 g/mol. The van der Waals surface area contributed by atoms with Crippen LogP contribution in [0.2, 0.25) is 0 Å². The maximum Gasteiger partial charge on any atom is 0.246 e. The van der Waals surface area contributed by atoms with Crippen LogP contribution in [0.1, 0.15) is 13.8 Å². The van der Waals surface area contributed by atoms with Gasteiger partial charge in [-0.25, -0.2) is 8.42 Å². The molecule has 2 heterocycles. The van der Waals surface area contributed by atoms with Gasteiger partial charge in [0.05, 0.1) is 24.9 Å². The van der Waals surface area contributed by atoms with Gasteiger partial charge in [0.2, 0.25) is 10.0 Å². The van der Waals surface area contributed by atoms with E-state index < -0.39 is 10.0 Å². The van der Waals surface area contributed by atoms with Crippen LogP contribution in [-0.4, -0.2) is 53.7 Å². The van der Waals surface area contributed by atoms with Crippen molar-refractivity contribution in [3.63, 3.8) is 0 Å². The van der Waals surface area contributed by atoms with Crippen molar-refractivity contribution in [2.45, 2.75) is 37.5 Å². The van der Waals surface area contributed by atoms with Crippen molar-refractivity contribution in [1.82, 2.24) is 14.1 Å². The van der Waals surface area contributed by atoms with Gasteiger partial charge >= 0.3 is 0 Å². The van der Waals surface area contributed by atoms with E-state index in [0.717, 1.165) is 0 Å². The molecule has 0 amide bonds. The summed E-state index contributed by atoms with van der Waals surface area (Å²) in [4.78, 5) is 0.207. The third-order valence-corrected chi connectivity index (χ3v) is 4.90. The second-order valence-corrected chi connectivity index (χ2v) is 7.02. The van der Waals surface area contributed by atoms with Gasteiger partial charge in [0, 0.05) is 25.2 Å². The summed E-state index contributed by atoms with van der Waals surface area (Å²) in [5.41, 5.74) is 0. The molecule has 0 unspecified atom stereocenters. The maximum absolute atomic E-state index is 12.5. The van der Waals surface area contributed by atoms with E-state index in [1.807, 2.05) is 13.8 Å². The van der Waals surface area contributed by atoms with Crippen LogP contribution in [0, 0.1) is 0 Å². The number of ether oxygens (including phenoxy) is 1. The third-order valence-electron chi connectivity index (χ3n) is 2.95. The number of rotatable bonds is 4. The van der Waals surface area contributed by atoms with E-state index in [1.165, 1.54) is 21.4 Å². The van der Waals surface area contributed by atoms with Gasteiger partial charge in [-0.1, -0.05) is 0 Å². The Hall–Kier alpha value is -0.630. The molecule has 6 nitrogen and oxygen atoms in total. The smallest absolute Gasteiger partial charge is 0.246 e. The Kier molecular flexibility index (Phi) is 4.50. The van der Waals surface area contributed by atoms with E-state index in [-0.39, 0.29) is 17.1 Å². The minimum atomic E-state index is -3.50. The molecule has 19 heavy (non-hydrogen) atoms.